The SMILES string of the molecule is CC1(C)Nc2cc(F)c(-c3cccc4[nH]cnc34)cc2C2(C)CCCC12O. The van der Waals surface area contributed by atoms with Gasteiger partial charge in [-0.3, -0.25) is 0 Å². The van der Waals surface area contributed by atoms with Crippen LogP contribution in [-0.4, -0.2) is 26.2 Å². The average molecular weight is 365 g/mol. The number of aromatic amines is 1. The lowest BCUT2D eigenvalue weighted by atomic mass is 9.60. The molecule has 1 aliphatic heterocycles. The van der Waals surface area contributed by atoms with E-state index in [4.69, 9.17) is 0 Å². The predicted molar refractivity (Wildman–Crippen MR) is 105 cm³/mol. The molecular weight excluding hydrogens is 341 g/mol. The van der Waals surface area contributed by atoms with Gasteiger partial charge in [0.15, 0.2) is 0 Å². The summed E-state index contributed by atoms with van der Waals surface area (Å²) in [5, 5.41) is 15.1. The minimum Gasteiger partial charge on any atom is -0.387 e. The molecule has 0 saturated heterocycles. The lowest BCUT2D eigenvalue weighted by molar-refractivity contribution is -0.0628. The second-order valence-electron chi connectivity index (χ2n) is 8.78. The average Bonchev–Trinajstić information content (AvgIpc) is 3.20. The van der Waals surface area contributed by atoms with Crippen LogP contribution in [0.4, 0.5) is 10.1 Å². The van der Waals surface area contributed by atoms with Crippen LogP contribution in [0, 0.1) is 5.82 Å². The Morgan fingerprint density at radius 1 is 1.11 bits per heavy atom. The molecule has 0 spiro atoms. The molecule has 140 valence electrons. The number of anilines is 1. The molecular formula is C22H24FN3O. The number of para-hydroxylation sites is 1. The maximum atomic E-state index is 15.2. The topological polar surface area (TPSA) is 60.9 Å². The number of aromatic nitrogens is 2. The van der Waals surface area contributed by atoms with E-state index in [0.717, 1.165) is 47.1 Å². The third kappa shape index (κ3) is 1.98. The fourth-order valence-corrected chi connectivity index (χ4v) is 5.50. The molecule has 2 heterocycles. The molecule has 0 radical (unpaired) electrons. The summed E-state index contributed by atoms with van der Waals surface area (Å²) >= 11 is 0. The number of aliphatic hydroxyl groups is 1. The van der Waals surface area contributed by atoms with Gasteiger partial charge in [-0.15, -0.1) is 0 Å². The van der Waals surface area contributed by atoms with Crippen LogP contribution in [0.3, 0.4) is 0 Å². The highest BCUT2D eigenvalue weighted by molar-refractivity contribution is 5.92. The Hall–Kier alpha value is -2.40. The second kappa shape index (κ2) is 5.10. The van der Waals surface area contributed by atoms with Gasteiger partial charge < -0.3 is 15.4 Å². The van der Waals surface area contributed by atoms with Crippen molar-refractivity contribution < 1.29 is 9.50 Å². The summed E-state index contributed by atoms with van der Waals surface area (Å²) in [6.07, 6.45) is 4.22. The Bertz CT molecular complexity index is 1070. The lowest BCUT2D eigenvalue weighted by Crippen LogP contribution is -2.65. The van der Waals surface area contributed by atoms with E-state index in [1.165, 1.54) is 0 Å². The van der Waals surface area contributed by atoms with E-state index in [1.54, 1.807) is 12.4 Å². The maximum absolute atomic E-state index is 15.2. The fourth-order valence-electron chi connectivity index (χ4n) is 5.50. The summed E-state index contributed by atoms with van der Waals surface area (Å²) in [5.74, 6) is -0.278. The number of H-pyrrole nitrogens is 1. The van der Waals surface area contributed by atoms with E-state index in [1.807, 2.05) is 38.1 Å². The Balaban J connectivity index is 1.78. The maximum Gasteiger partial charge on any atom is 0.133 e. The van der Waals surface area contributed by atoms with Crippen molar-refractivity contribution in [3.8, 4) is 11.1 Å². The van der Waals surface area contributed by atoms with Gasteiger partial charge in [0.1, 0.15) is 5.82 Å². The van der Waals surface area contributed by atoms with E-state index < -0.39 is 16.6 Å². The Kier molecular flexibility index (Phi) is 3.17. The van der Waals surface area contributed by atoms with Gasteiger partial charge in [-0.25, -0.2) is 9.37 Å². The van der Waals surface area contributed by atoms with Gasteiger partial charge in [0.05, 0.1) is 28.5 Å². The number of hydrogen-bond acceptors (Lipinski definition) is 3. The molecule has 5 heteroatoms. The lowest BCUT2D eigenvalue weighted by Gasteiger charge is -2.55. The molecule has 27 heavy (non-hydrogen) atoms. The minimum absolute atomic E-state index is 0.278. The van der Waals surface area contributed by atoms with Gasteiger partial charge in [0, 0.05) is 22.2 Å². The number of benzene rings is 2. The van der Waals surface area contributed by atoms with Gasteiger partial charge >= 0.3 is 0 Å². The van der Waals surface area contributed by atoms with Crippen LogP contribution >= 0.6 is 0 Å². The number of nitrogens with one attached hydrogen (secondary N) is 2. The van der Waals surface area contributed by atoms with Crippen molar-refractivity contribution in [3.05, 3.63) is 48.0 Å². The van der Waals surface area contributed by atoms with Crippen LogP contribution in [0.1, 0.15) is 45.6 Å². The third-order valence-electron chi connectivity index (χ3n) is 7.05. The first-order valence-corrected chi connectivity index (χ1v) is 9.54. The zero-order valence-corrected chi connectivity index (χ0v) is 15.9. The molecule has 1 aliphatic carbocycles. The van der Waals surface area contributed by atoms with E-state index in [0.29, 0.717) is 5.56 Å². The van der Waals surface area contributed by atoms with E-state index in [2.05, 4.69) is 22.2 Å². The van der Waals surface area contributed by atoms with Crippen LogP contribution in [0.5, 0.6) is 0 Å². The molecule has 2 aromatic carbocycles. The highest BCUT2D eigenvalue weighted by Gasteiger charge is 2.62. The smallest absolute Gasteiger partial charge is 0.133 e. The fraction of sp³-hybridized carbons (Fsp3) is 0.409. The molecule has 3 N–H and O–H groups in total. The standard InChI is InChI=1S/C22H24FN3O/c1-20(2)22(27)9-5-8-21(22,3)15-10-14(16(23)11-18(15)26-20)13-6-4-7-17-19(13)25-12-24-17/h4,6-7,10-12,26-27H,5,8-9H2,1-3H3,(H,24,25). The molecule has 0 bridgehead atoms. The predicted octanol–water partition coefficient (Wildman–Crippen LogP) is 4.75. The van der Waals surface area contributed by atoms with Crippen LogP contribution in [0.25, 0.3) is 22.2 Å². The summed E-state index contributed by atoms with van der Waals surface area (Å²) in [4.78, 5) is 7.47. The number of rotatable bonds is 1. The van der Waals surface area contributed by atoms with Crippen LogP contribution in [0.2, 0.25) is 0 Å². The number of imidazole rings is 1. The normalized spacial score (nSPS) is 28.6. The molecule has 2 atom stereocenters. The molecule has 1 aromatic heterocycles. The van der Waals surface area contributed by atoms with Gasteiger partial charge in [-0.05, 0) is 56.9 Å². The number of halogens is 1. The van der Waals surface area contributed by atoms with Gasteiger partial charge in [0.25, 0.3) is 0 Å². The molecule has 5 rings (SSSR count). The monoisotopic (exact) mass is 365 g/mol. The molecule has 1 saturated carbocycles. The second-order valence-corrected chi connectivity index (χ2v) is 8.78. The quantitative estimate of drug-likeness (QED) is 0.583. The van der Waals surface area contributed by atoms with Crippen molar-refractivity contribution in [3.63, 3.8) is 0 Å². The summed E-state index contributed by atoms with van der Waals surface area (Å²) in [5.41, 5.74) is 2.89. The Labute approximate surface area is 157 Å². The van der Waals surface area contributed by atoms with E-state index in [9.17, 15) is 5.11 Å². The van der Waals surface area contributed by atoms with Crippen LogP contribution in [0.15, 0.2) is 36.7 Å². The van der Waals surface area contributed by atoms with E-state index >= 15 is 4.39 Å². The van der Waals surface area contributed by atoms with Gasteiger partial charge in [-0.2, -0.15) is 0 Å². The van der Waals surface area contributed by atoms with Gasteiger partial charge in [-0.1, -0.05) is 19.1 Å². The highest BCUT2D eigenvalue weighted by atomic mass is 19.1. The van der Waals surface area contributed by atoms with Crippen molar-refractivity contribution in [2.45, 2.75) is 56.6 Å². The first kappa shape index (κ1) is 16.8. The van der Waals surface area contributed by atoms with Crippen LogP contribution < -0.4 is 5.32 Å². The van der Waals surface area contributed by atoms with Gasteiger partial charge in [0.2, 0.25) is 0 Å². The highest BCUT2D eigenvalue weighted by Crippen LogP contribution is 2.59. The zero-order chi connectivity index (χ0) is 19.0. The van der Waals surface area contributed by atoms with Crippen molar-refractivity contribution in [2.75, 3.05) is 5.32 Å². The summed E-state index contributed by atoms with van der Waals surface area (Å²) in [7, 11) is 0. The van der Waals surface area contributed by atoms with Crippen molar-refractivity contribution >= 4 is 16.7 Å². The molecule has 3 aromatic rings. The molecule has 2 unspecified atom stereocenters. The zero-order valence-electron chi connectivity index (χ0n) is 15.9. The molecule has 1 fully saturated rings. The molecule has 4 nitrogen and oxygen atoms in total. The first-order valence-electron chi connectivity index (χ1n) is 9.54. The first-order chi connectivity index (χ1) is 12.8. The molecule has 0 amide bonds. The Morgan fingerprint density at radius 2 is 1.93 bits per heavy atom. The summed E-state index contributed by atoms with van der Waals surface area (Å²) in [6.45, 7) is 6.14. The largest absolute Gasteiger partial charge is 0.387 e. The van der Waals surface area contributed by atoms with Crippen molar-refractivity contribution in [1.29, 1.82) is 0 Å². The van der Waals surface area contributed by atoms with E-state index in [-0.39, 0.29) is 5.82 Å². The van der Waals surface area contributed by atoms with Crippen LogP contribution in [-0.2, 0) is 5.41 Å². The van der Waals surface area contributed by atoms with Crippen molar-refractivity contribution in [1.82, 2.24) is 9.97 Å². The molecule has 2 aliphatic rings. The number of nitrogens with zero attached hydrogens (tertiary/aromatic N) is 1. The third-order valence-corrected chi connectivity index (χ3v) is 7.05. The summed E-state index contributed by atoms with van der Waals surface area (Å²) < 4.78 is 15.2. The number of fused-ring (bicyclic) bond motifs is 4. The minimum atomic E-state index is -0.875. The van der Waals surface area contributed by atoms with Crippen molar-refractivity contribution in [2.24, 2.45) is 0 Å². The Morgan fingerprint density at radius 3 is 2.74 bits per heavy atom. The summed E-state index contributed by atoms with van der Waals surface area (Å²) in [6, 6.07) is 9.25. The number of hydrogen-bond donors (Lipinski definition) is 3.